The summed E-state index contributed by atoms with van der Waals surface area (Å²) in [5.74, 6) is -0.928. The van der Waals surface area contributed by atoms with Crippen molar-refractivity contribution in [3.05, 3.63) is 34.3 Å². The molecule has 1 fully saturated rings. The molecule has 2 rings (SSSR count). The van der Waals surface area contributed by atoms with Gasteiger partial charge in [-0.15, -0.1) is 0 Å². The highest BCUT2D eigenvalue weighted by atomic mass is 79.9. The first-order valence-electron chi connectivity index (χ1n) is 5.95. The maximum absolute atomic E-state index is 10.7. The van der Waals surface area contributed by atoms with Crippen LogP contribution in [0.2, 0.25) is 0 Å². The molecule has 18 heavy (non-hydrogen) atoms. The molecule has 98 valence electrons. The fourth-order valence-corrected chi connectivity index (χ4v) is 2.72. The van der Waals surface area contributed by atoms with E-state index in [2.05, 4.69) is 21.2 Å². The van der Waals surface area contributed by atoms with Crippen molar-refractivity contribution in [2.75, 3.05) is 19.7 Å². The first-order chi connectivity index (χ1) is 8.62. The zero-order valence-electron chi connectivity index (χ0n) is 9.99. The molecule has 1 saturated heterocycles. The first-order valence-corrected chi connectivity index (χ1v) is 6.74. The van der Waals surface area contributed by atoms with Crippen molar-refractivity contribution in [2.45, 2.75) is 18.4 Å². The molecular formula is C13H16BrNO3. The predicted molar refractivity (Wildman–Crippen MR) is 71.5 cm³/mol. The summed E-state index contributed by atoms with van der Waals surface area (Å²) in [5, 5.41) is 12.1. The Bertz CT molecular complexity index is 430. The second-order valence-corrected chi connectivity index (χ2v) is 5.35. The van der Waals surface area contributed by atoms with Crippen LogP contribution in [0.4, 0.5) is 0 Å². The normalized spacial score (nSPS) is 18.5. The van der Waals surface area contributed by atoms with Gasteiger partial charge in [-0.25, -0.2) is 4.79 Å². The number of nitrogens with one attached hydrogen (secondary N) is 1. The van der Waals surface area contributed by atoms with Gasteiger partial charge < -0.3 is 15.2 Å². The molecule has 2 N–H and O–H groups in total. The van der Waals surface area contributed by atoms with Crippen molar-refractivity contribution in [1.29, 1.82) is 0 Å². The second kappa shape index (κ2) is 5.82. The Morgan fingerprint density at radius 3 is 2.78 bits per heavy atom. The molecule has 5 heteroatoms. The van der Waals surface area contributed by atoms with E-state index in [4.69, 9.17) is 9.84 Å². The van der Waals surface area contributed by atoms with Crippen molar-refractivity contribution in [1.82, 2.24) is 5.32 Å². The Morgan fingerprint density at radius 2 is 2.17 bits per heavy atom. The smallest absolute Gasteiger partial charge is 0.329 e. The van der Waals surface area contributed by atoms with Gasteiger partial charge in [-0.05, 0) is 43.6 Å². The molecule has 0 amide bonds. The minimum Gasteiger partial charge on any atom is -0.480 e. The fourth-order valence-electron chi connectivity index (χ4n) is 2.32. The summed E-state index contributed by atoms with van der Waals surface area (Å²) in [4.78, 5) is 10.7. The van der Waals surface area contributed by atoms with Crippen LogP contribution in [0.3, 0.4) is 0 Å². The average molecular weight is 314 g/mol. The number of halogens is 1. The molecule has 0 radical (unpaired) electrons. The molecule has 0 saturated carbocycles. The molecule has 0 bridgehead atoms. The number of carboxylic acids is 1. The van der Waals surface area contributed by atoms with Gasteiger partial charge in [0, 0.05) is 4.47 Å². The van der Waals surface area contributed by atoms with Crippen LogP contribution >= 0.6 is 15.9 Å². The summed E-state index contributed by atoms with van der Waals surface area (Å²) in [6, 6.07) is 7.91. The van der Waals surface area contributed by atoms with Gasteiger partial charge in [0.25, 0.3) is 0 Å². The molecule has 1 aliphatic rings. The average Bonchev–Trinajstić information content (AvgIpc) is 2.37. The van der Waals surface area contributed by atoms with Gasteiger partial charge in [-0.1, -0.05) is 28.1 Å². The number of ether oxygens (including phenoxy) is 1. The number of rotatable bonds is 4. The van der Waals surface area contributed by atoms with Crippen LogP contribution in [0, 0.1) is 0 Å². The zero-order valence-corrected chi connectivity index (χ0v) is 11.6. The van der Waals surface area contributed by atoms with Crippen molar-refractivity contribution < 1.29 is 14.6 Å². The van der Waals surface area contributed by atoms with Crippen LogP contribution in [0.25, 0.3) is 0 Å². The molecule has 0 aliphatic carbocycles. The lowest BCUT2D eigenvalue weighted by atomic mass is 9.85. The van der Waals surface area contributed by atoms with E-state index in [1.165, 1.54) is 0 Å². The molecule has 1 aromatic carbocycles. The first kappa shape index (κ1) is 13.5. The Kier molecular flexibility index (Phi) is 4.37. The maximum atomic E-state index is 10.7. The van der Waals surface area contributed by atoms with Crippen molar-refractivity contribution in [2.24, 2.45) is 0 Å². The minimum atomic E-state index is -0.928. The van der Waals surface area contributed by atoms with Crippen molar-refractivity contribution >= 4 is 21.9 Å². The van der Waals surface area contributed by atoms with Crippen LogP contribution in [-0.4, -0.2) is 30.8 Å². The highest BCUT2D eigenvalue weighted by Crippen LogP contribution is 2.35. The number of carboxylic acid groups (broad SMARTS) is 1. The standard InChI is InChI=1S/C13H16BrNO3/c14-11-3-1-2-10(8-11)13(18-9-12(16)17)4-6-15-7-5-13/h1-3,8,15H,4-7,9H2,(H,16,17). The third-order valence-electron chi connectivity index (χ3n) is 3.23. The number of benzene rings is 1. The monoisotopic (exact) mass is 313 g/mol. The Hall–Kier alpha value is -0.910. The molecule has 1 aliphatic heterocycles. The summed E-state index contributed by atoms with van der Waals surface area (Å²) < 4.78 is 6.70. The van der Waals surface area contributed by atoms with Crippen LogP contribution in [0.1, 0.15) is 18.4 Å². The van der Waals surface area contributed by atoms with E-state index >= 15 is 0 Å². The Labute approximate surface area is 114 Å². The third-order valence-corrected chi connectivity index (χ3v) is 3.73. The van der Waals surface area contributed by atoms with Crippen LogP contribution in [0.5, 0.6) is 0 Å². The summed E-state index contributed by atoms with van der Waals surface area (Å²) in [6.45, 7) is 1.42. The highest BCUT2D eigenvalue weighted by Gasteiger charge is 2.35. The number of hydrogen-bond donors (Lipinski definition) is 2. The quantitative estimate of drug-likeness (QED) is 0.894. The number of aliphatic carboxylic acids is 1. The Morgan fingerprint density at radius 1 is 1.44 bits per heavy atom. The molecule has 0 unspecified atom stereocenters. The van der Waals surface area contributed by atoms with E-state index in [0.717, 1.165) is 36.0 Å². The van der Waals surface area contributed by atoms with Gasteiger partial charge in [0.05, 0.1) is 5.60 Å². The number of carbonyl (C=O) groups is 1. The molecule has 0 spiro atoms. The molecular weight excluding hydrogens is 298 g/mol. The third kappa shape index (κ3) is 3.10. The lowest BCUT2D eigenvalue weighted by Gasteiger charge is -2.37. The second-order valence-electron chi connectivity index (χ2n) is 4.44. The van der Waals surface area contributed by atoms with Gasteiger partial charge in [-0.3, -0.25) is 0 Å². The lowest BCUT2D eigenvalue weighted by Crippen LogP contribution is -2.42. The molecule has 0 atom stereocenters. The van der Waals surface area contributed by atoms with Gasteiger partial charge in [-0.2, -0.15) is 0 Å². The van der Waals surface area contributed by atoms with E-state index in [-0.39, 0.29) is 6.61 Å². The van der Waals surface area contributed by atoms with Gasteiger partial charge in [0.1, 0.15) is 6.61 Å². The molecule has 1 heterocycles. The van der Waals surface area contributed by atoms with Crippen molar-refractivity contribution in [3.8, 4) is 0 Å². The van der Waals surface area contributed by atoms with E-state index < -0.39 is 11.6 Å². The van der Waals surface area contributed by atoms with Crippen LogP contribution in [-0.2, 0) is 15.1 Å². The predicted octanol–water partition coefficient (Wildman–Crippen LogP) is 2.13. The summed E-state index contributed by atoms with van der Waals surface area (Å²) in [7, 11) is 0. The topological polar surface area (TPSA) is 58.6 Å². The largest absolute Gasteiger partial charge is 0.480 e. The van der Waals surface area contributed by atoms with E-state index in [1.807, 2.05) is 24.3 Å². The number of piperidine rings is 1. The van der Waals surface area contributed by atoms with Crippen molar-refractivity contribution in [3.63, 3.8) is 0 Å². The fraction of sp³-hybridized carbons (Fsp3) is 0.462. The lowest BCUT2D eigenvalue weighted by molar-refractivity contribution is -0.153. The van der Waals surface area contributed by atoms with E-state index in [1.54, 1.807) is 0 Å². The van der Waals surface area contributed by atoms with Gasteiger partial charge >= 0.3 is 5.97 Å². The zero-order chi connectivity index (χ0) is 13.0. The molecule has 1 aromatic rings. The Balaban J connectivity index is 2.25. The van der Waals surface area contributed by atoms with Crippen LogP contribution < -0.4 is 5.32 Å². The minimum absolute atomic E-state index is 0.257. The number of hydrogen-bond acceptors (Lipinski definition) is 3. The molecule has 0 aromatic heterocycles. The van der Waals surface area contributed by atoms with E-state index in [9.17, 15) is 4.79 Å². The van der Waals surface area contributed by atoms with Gasteiger partial charge in [0.2, 0.25) is 0 Å². The summed E-state index contributed by atoms with van der Waals surface area (Å²) in [5.41, 5.74) is 0.563. The SMILES string of the molecule is O=C(O)COC1(c2cccc(Br)c2)CCNCC1. The summed E-state index contributed by atoms with van der Waals surface area (Å²) >= 11 is 3.45. The highest BCUT2D eigenvalue weighted by molar-refractivity contribution is 9.10. The van der Waals surface area contributed by atoms with Crippen LogP contribution in [0.15, 0.2) is 28.7 Å². The molecule has 4 nitrogen and oxygen atoms in total. The van der Waals surface area contributed by atoms with Gasteiger partial charge in [0.15, 0.2) is 0 Å². The van der Waals surface area contributed by atoms with E-state index in [0.29, 0.717) is 0 Å². The summed E-state index contributed by atoms with van der Waals surface area (Å²) in [6.07, 6.45) is 1.58. The maximum Gasteiger partial charge on any atom is 0.329 e.